The first kappa shape index (κ1) is 16.2. The average molecular weight is 288 g/mol. The van der Waals surface area contributed by atoms with Crippen LogP contribution in [0.25, 0.3) is 0 Å². The van der Waals surface area contributed by atoms with Gasteiger partial charge in [-0.1, -0.05) is 12.1 Å². The fraction of sp³-hybridized carbons (Fsp3) is 0.571. The van der Waals surface area contributed by atoms with E-state index in [-0.39, 0.29) is 24.4 Å². The number of ether oxygens (including phenoxy) is 1. The van der Waals surface area contributed by atoms with Crippen LogP contribution in [0.3, 0.4) is 0 Å². The van der Waals surface area contributed by atoms with E-state index < -0.39 is 5.60 Å². The monoisotopic (exact) mass is 287 g/mol. The number of hydrogen-bond donors (Lipinski definition) is 3. The summed E-state index contributed by atoms with van der Waals surface area (Å²) in [6, 6.07) is 7.45. The maximum Gasteiger partial charge on any atom is 0.119 e. The SMILES string of the molecule is COc1cccc(C2(O)CCC(O)CC2CN)c1.Cl. The van der Waals surface area contributed by atoms with Crippen LogP contribution >= 0.6 is 12.4 Å². The van der Waals surface area contributed by atoms with E-state index in [0.29, 0.717) is 25.8 Å². The number of methoxy groups -OCH3 is 1. The van der Waals surface area contributed by atoms with Crippen LogP contribution in [0.15, 0.2) is 24.3 Å². The third kappa shape index (κ3) is 3.20. The van der Waals surface area contributed by atoms with Crippen molar-refractivity contribution in [3.05, 3.63) is 29.8 Å². The van der Waals surface area contributed by atoms with Gasteiger partial charge in [-0.3, -0.25) is 0 Å². The van der Waals surface area contributed by atoms with Crippen LogP contribution in [0, 0.1) is 5.92 Å². The molecule has 3 unspecified atom stereocenters. The first-order valence-corrected chi connectivity index (χ1v) is 6.35. The minimum absolute atomic E-state index is 0. The molecule has 0 bridgehead atoms. The van der Waals surface area contributed by atoms with Crippen LogP contribution in [0.4, 0.5) is 0 Å². The van der Waals surface area contributed by atoms with Crippen molar-refractivity contribution in [2.24, 2.45) is 11.7 Å². The summed E-state index contributed by atoms with van der Waals surface area (Å²) in [5.74, 6) is 0.608. The fourth-order valence-electron chi connectivity index (χ4n) is 2.80. The lowest BCUT2D eigenvalue weighted by molar-refractivity contribution is -0.0826. The predicted octanol–water partition coefficient (Wildman–Crippen LogP) is 1.42. The van der Waals surface area contributed by atoms with E-state index >= 15 is 0 Å². The van der Waals surface area contributed by atoms with Crippen molar-refractivity contribution in [2.75, 3.05) is 13.7 Å². The summed E-state index contributed by atoms with van der Waals surface area (Å²) in [5.41, 5.74) is 5.61. The zero-order chi connectivity index (χ0) is 13.2. The van der Waals surface area contributed by atoms with Crippen molar-refractivity contribution in [2.45, 2.75) is 31.0 Å². The normalized spacial score (nSPS) is 30.5. The predicted molar refractivity (Wildman–Crippen MR) is 76.5 cm³/mol. The molecule has 0 radical (unpaired) electrons. The van der Waals surface area contributed by atoms with Crippen molar-refractivity contribution < 1.29 is 14.9 Å². The molecule has 0 aromatic heterocycles. The lowest BCUT2D eigenvalue weighted by Gasteiger charge is -2.41. The highest BCUT2D eigenvalue weighted by Gasteiger charge is 2.42. The van der Waals surface area contributed by atoms with Crippen molar-refractivity contribution in [1.82, 2.24) is 0 Å². The summed E-state index contributed by atoms with van der Waals surface area (Å²) in [7, 11) is 1.61. The topological polar surface area (TPSA) is 75.7 Å². The Labute approximate surface area is 120 Å². The third-order valence-corrected chi connectivity index (χ3v) is 3.94. The molecule has 1 aromatic carbocycles. The van der Waals surface area contributed by atoms with Crippen LogP contribution in [0.2, 0.25) is 0 Å². The number of hydrogen-bond acceptors (Lipinski definition) is 4. The highest BCUT2D eigenvalue weighted by molar-refractivity contribution is 5.85. The van der Waals surface area contributed by atoms with E-state index in [1.54, 1.807) is 7.11 Å². The van der Waals surface area contributed by atoms with Crippen LogP contribution in [-0.4, -0.2) is 30.0 Å². The first-order valence-electron chi connectivity index (χ1n) is 6.35. The van der Waals surface area contributed by atoms with Gasteiger partial charge in [0.1, 0.15) is 5.75 Å². The van der Waals surface area contributed by atoms with Crippen molar-refractivity contribution >= 4 is 12.4 Å². The van der Waals surface area contributed by atoms with Crippen molar-refractivity contribution in [1.29, 1.82) is 0 Å². The number of aliphatic hydroxyl groups is 2. The molecule has 1 fully saturated rings. The molecule has 0 saturated heterocycles. The molecule has 2 rings (SSSR count). The summed E-state index contributed by atoms with van der Waals surface area (Å²) < 4.78 is 5.19. The molecule has 0 amide bonds. The van der Waals surface area contributed by atoms with E-state index in [0.717, 1.165) is 11.3 Å². The molecule has 0 aliphatic heterocycles. The van der Waals surface area contributed by atoms with Crippen LogP contribution in [0.5, 0.6) is 5.75 Å². The maximum atomic E-state index is 10.9. The minimum Gasteiger partial charge on any atom is -0.497 e. The number of aliphatic hydroxyl groups excluding tert-OH is 1. The van der Waals surface area contributed by atoms with Crippen LogP contribution in [-0.2, 0) is 5.60 Å². The number of halogens is 1. The van der Waals surface area contributed by atoms with Crippen LogP contribution in [0.1, 0.15) is 24.8 Å². The second kappa shape index (κ2) is 6.57. The standard InChI is InChI=1S/C14H21NO3.ClH/c1-18-13-4-2-3-10(8-13)14(17)6-5-12(16)7-11(14)9-15;/h2-4,8,11-12,16-17H,5-7,9,15H2,1H3;1H. The fourth-order valence-corrected chi connectivity index (χ4v) is 2.80. The molecule has 4 nitrogen and oxygen atoms in total. The molecule has 19 heavy (non-hydrogen) atoms. The highest BCUT2D eigenvalue weighted by atomic mass is 35.5. The lowest BCUT2D eigenvalue weighted by Crippen LogP contribution is -2.45. The summed E-state index contributed by atoms with van der Waals surface area (Å²) >= 11 is 0. The quantitative estimate of drug-likeness (QED) is 0.786. The van der Waals surface area contributed by atoms with E-state index in [9.17, 15) is 10.2 Å². The minimum atomic E-state index is -0.956. The van der Waals surface area contributed by atoms with Gasteiger partial charge in [-0.25, -0.2) is 0 Å². The van der Waals surface area contributed by atoms with Gasteiger partial charge in [0.15, 0.2) is 0 Å². The van der Waals surface area contributed by atoms with Gasteiger partial charge in [0, 0.05) is 5.92 Å². The Kier molecular flexibility index (Phi) is 5.62. The smallest absolute Gasteiger partial charge is 0.119 e. The Morgan fingerprint density at radius 1 is 1.47 bits per heavy atom. The third-order valence-electron chi connectivity index (χ3n) is 3.94. The molecule has 108 valence electrons. The summed E-state index contributed by atoms with van der Waals surface area (Å²) in [6.07, 6.45) is 1.32. The average Bonchev–Trinajstić information content (AvgIpc) is 2.41. The Morgan fingerprint density at radius 3 is 2.84 bits per heavy atom. The Balaban J connectivity index is 0.00000180. The molecular weight excluding hydrogens is 266 g/mol. The summed E-state index contributed by atoms with van der Waals surface area (Å²) in [5, 5.41) is 20.6. The molecule has 0 spiro atoms. The van der Waals surface area contributed by atoms with Crippen molar-refractivity contribution in [3.63, 3.8) is 0 Å². The lowest BCUT2D eigenvalue weighted by atomic mass is 9.70. The molecule has 0 heterocycles. The largest absolute Gasteiger partial charge is 0.497 e. The molecule has 4 N–H and O–H groups in total. The van der Waals surface area contributed by atoms with E-state index in [2.05, 4.69) is 0 Å². The Morgan fingerprint density at radius 2 is 2.21 bits per heavy atom. The summed E-state index contributed by atoms with van der Waals surface area (Å²) in [4.78, 5) is 0. The Bertz CT molecular complexity index is 415. The van der Waals surface area contributed by atoms with E-state index in [1.165, 1.54) is 0 Å². The molecule has 1 saturated carbocycles. The van der Waals surface area contributed by atoms with Crippen molar-refractivity contribution in [3.8, 4) is 5.75 Å². The number of rotatable bonds is 3. The van der Waals surface area contributed by atoms with Crippen LogP contribution < -0.4 is 10.5 Å². The zero-order valence-electron chi connectivity index (χ0n) is 11.1. The van der Waals surface area contributed by atoms with Gasteiger partial charge in [0.2, 0.25) is 0 Å². The molecule has 5 heteroatoms. The Hall–Kier alpha value is -0.810. The van der Waals surface area contributed by atoms with E-state index in [1.807, 2.05) is 24.3 Å². The van der Waals surface area contributed by atoms with Gasteiger partial charge < -0.3 is 20.7 Å². The highest BCUT2D eigenvalue weighted by Crippen LogP contribution is 2.42. The zero-order valence-corrected chi connectivity index (χ0v) is 11.9. The second-order valence-electron chi connectivity index (χ2n) is 5.02. The van der Waals surface area contributed by atoms with Gasteiger partial charge in [-0.15, -0.1) is 12.4 Å². The second-order valence-corrected chi connectivity index (χ2v) is 5.02. The number of benzene rings is 1. The van der Waals surface area contributed by atoms with E-state index in [4.69, 9.17) is 10.5 Å². The molecular formula is C14H22ClNO3. The van der Waals surface area contributed by atoms with Gasteiger partial charge in [-0.05, 0) is 43.5 Å². The first-order chi connectivity index (χ1) is 8.60. The molecule has 1 aliphatic rings. The van der Waals surface area contributed by atoms with Gasteiger partial charge in [-0.2, -0.15) is 0 Å². The molecule has 1 aromatic rings. The molecule has 3 atom stereocenters. The van der Waals surface area contributed by atoms with Gasteiger partial charge in [0.05, 0.1) is 18.8 Å². The summed E-state index contributed by atoms with van der Waals surface area (Å²) in [6.45, 7) is 0.366. The van der Waals surface area contributed by atoms with Gasteiger partial charge in [0.25, 0.3) is 0 Å². The number of nitrogens with two attached hydrogens (primary N) is 1. The molecule has 1 aliphatic carbocycles. The van der Waals surface area contributed by atoms with Gasteiger partial charge >= 0.3 is 0 Å². The maximum absolute atomic E-state index is 10.9.